The first-order valence-electron chi connectivity index (χ1n) is 9.08. The van der Waals surface area contributed by atoms with E-state index in [4.69, 9.17) is 16.3 Å². The maximum absolute atomic E-state index is 12.7. The summed E-state index contributed by atoms with van der Waals surface area (Å²) in [7, 11) is 0. The van der Waals surface area contributed by atoms with Crippen LogP contribution >= 0.6 is 11.6 Å². The molecule has 0 unspecified atom stereocenters. The fourth-order valence-corrected chi connectivity index (χ4v) is 3.12. The summed E-state index contributed by atoms with van der Waals surface area (Å²) in [5, 5.41) is 0.317. The van der Waals surface area contributed by atoms with Crippen LogP contribution in [0.1, 0.15) is 31.3 Å². The summed E-state index contributed by atoms with van der Waals surface area (Å²) in [4.78, 5) is 34.8. The first-order valence-corrected chi connectivity index (χ1v) is 9.46. The zero-order chi connectivity index (χ0) is 19.1. The van der Waals surface area contributed by atoms with Gasteiger partial charge in [-0.15, -0.1) is 0 Å². The van der Waals surface area contributed by atoms with Crippen LogP contribution in [-0.4, -0.2) is 83.9 Å². The number of piperazine rings is 1. The van der Waals surface area contributed by atoms with E-state index in [-0.39, 0.29) is 17.5 Å². The lowest BCUT2D eigenvalue weighted by Crippen LogP contribution is -2.51. The van der Waals surface area contributed by atoms with E-state index in [1.807, 2.05) is 25.7 Å². The fraction of sp³-hybridized carbons (Fsp3) is 0.611. The van der Waals surface area contributed by atoms with E-state index in [2.05, 4.69) is 9.88 Å². The largest absolute Gasteiger partial charge is 0.478 e. The third-order valence-electron chi connectivity index (χ3n) is 4.45. The van der Waals surface area contributed by atoms with Gasteiger partial charge in [0.25, 0.3) is 5.91 Å². The van der Waals surface area contributed by atoms with Crippen molar-refractivity contribution in [1.29, 1.82) is 0 Å². The molecule has 144 valence electrons. The Hall–Kier alpha value is -1.86. The number of pyridine rings is 1. The Morgan fingerprint density at radius 2 is 1.81 bits per heavy atom. The van der Waals surface area contributed by atoms with Gasteiger partial charge in [0.05, 0.1) is 18.2 Å². The number of aromatic nitrogens is 1. The van der Waals surface area contributed by atoms with Crippen LogP contribution in [0.2, 0.25) is 5.02 Å². The molecule has 1 aliphatic rings. The van der Waals surface area contributed by atoms with E-state index in [0.717, 1.165) is 0 Å². The minimum atomic E-state index is -0.203. The molecular weight excluding hydrogens is 356 g/mol. The number of carbonyl (C=O) groups is 2. The molecule has 2 amide bonds. The maximum Gasteiger partial charge on any atom is 0.274 e. The van der Waals surface area contributed by atoms with Crippen molar-refractivity contribution >= 4 is 23.4 Å². The lowest BCUT2D eigenvalue weighted by atomic mass is 10.2. The summed E-state index contributed by atoms with van der Waals surface area (Å²) in [5.74, 6) is 0.318. The van der Waals surface area contributed by atoms with Crippen LogP contribution in [0.3, 0.4) is 0 Å². The van der Waals surface area contributed by atoms with Crippen molar-refractivity contribution in [2.75, 3.05) is 52.4 Å². The SMILES string of the molecule is CCOc1ccc(Cl)c(C(=O)N2CCN(CC(=O)N(CC)CC)CC2)n1. The van der Waals surface area contributed by atoms with E-state index in [0.29, 0.717) is 63.3 Å². The van der Waals surface area contributed by atoms with Gasteiger partial charge in [0.2, 0.25) is 11.8 Å². The van der Waals surface area contributed by atoms with Gasteiger partial charge in [-0.05, 0) is 26.8 Å². The molecule has 1 saturated heterocycles. The molecular formula is C18H27ClN4O3. The van der Waals surface area contributed by atoms with Crippen LogP contribution in [0.15, 0.2) is 12.1 Å². The average molecular weight is 383 g/mol. The highest BCUT2D eigenvalue weighted by Crippen LogP contribution is 2.20. The first kappa shape index (κ1) is 20.5. The molecule has 0 radical (unpaired) electrons. The molecule has 0 spiro atoms. The number of halogens is 1. The quantitative estimate of drug-likeness (QED) is 0.719. The number of hydrogen-bond donors (Lipinski definition) is 0. The van der Waals surface area contributed by atoms with Gasteiger partial charge in [-0.25, -0.2) is 4.98 Å². The monoisotopic (exact) mass is 382 g/mol. The third-order valence-corrected chi connectivity index (χ3v) is 4.75. The van der Waals surface area contributed by atoms with Crippen LogP contribution in [-0.2, 0) is 4.79 Å². The topological polar surface area (TPSA) is 66.0 Å². The van der Waals surface area contributed by atoms with Crippen molar-refractivity contribution < 1.29 is 14.3 Å². The van der Waals surface area contributed by atoms with E-state index in [1.54, 1.807) is 17.0 Å². The molecule has 0 atom stereocenters. The average Bonchev–Trinajstić information content (AvgIpc) is 2.64. The van der Waals surface area contributed by atoms with Crippen molar-refractivity contribution in [3.8, 4) is 5.88 Å². The first-order chi connectivity index (χ1) is 12.5. The van der Waals surface area contributed by atoms with Gasteiger partial charge in [-0.1, -0.05) is 11.6 Å². The van der Waals surface area contributed by atoms with Crippen molar-refractivity contribution in [2.24, 2.45) is 0 Å². The number of ether oxygens (including phenoxy) is 1. The highest BCUT2D eigenvalue weighted by atomic mass is 35.5. The maximum atomic E-state index is 12.7. The van der Waals surface area contributed by atoms with Gasteiger partial charge in [0.1, 0.15) is 0 Å². The molecule has 8 heteroatoms. The summed E-state index contributed by atoms with van der Waals surface area (Å²) in [5.41, 5.74) is 0.213. The van der Waals surface area contributed by atoms with Crippen LogP contribution in [0.5, 0.6) is 5.88 Å². The van der Waals surface area contributed by atoms with Crippen molar-refractivity contribution in [1.82, 2.24) is 19.7 Å². The summed E-state index contributed by atoms with van der Waals surface area (Å²) in [6.07, 6.45) is 0. The zero-order valence-corrected chi connectivity index (χ0v) is 16.5. The van der Waals surface area contributed by atoms with Gasteiger partial charge >= 0.3 is 0 Å². The number of likely N-dealkylation sites (N-methyl/N-ethyl adjacent to an activating group) is 1. The standard InChI is InChI=1S/C18H27ClN4O3/c1-4-22(5-2)16(24)13-21-9-11-23(12-10-21)18(25)17-14(19)7-8-15(20-17)26-6-3/h7-8H,4-6,9-13H2,1-3H3. The molecule has 1 fully saturated rings. The van der Waals surface area contributed by atoms with E-state index in [1.165, 1.54) is 0 Å². The van der Waals surface area contributed by atoms with Gasteiger partial charge in [0.15, 0.2) is 5.69 Å². The van der Waals surface area contributed by atoms with E-state index < -0.39 is 0 Å². The van der Waals surface area contributed by atoms with Gasteiger partial charge < -0.3 is 14.5 Å². The predicted molar refractivity (Wildman–Crippen MR) is 101 cm³/mol. The molecule has 2 rings (SSSR count). The molecule has 0 aromatic carbocycles. The lowest BCUT2D eigenvalue weighted by Gasteiger charge is -2.35. The molecule has 0 aliphatic carbocycles. The normalized spacial score (nSPS) is 15.0. The minimum absolute atomic E-state index is 0.129. The summed E-state index contributed by atoms with van der Waals surface area (Å²) >= 11 is 6.15. The Kier molecular flexibility index (Phi) is 7.66. The highest BCUT2D eigenvalue weighted by molar-refractivity contribution is 6.33. The summed E-state index contributed by atoms with van der Waals surface area (Å²) in [6.45, 7) is 10.5. The van der Waals surface area contributed by atoms with Gasteiger partial charge in [-0.2, -0.15) is 0 Å². The van der Waals surface area contributed by atoms with Crippen molar-refractivity contribution in [2.45, 2.75) is 20.8 Å². The molecule has 2 heterocycles. The molecule has 26 heavy (non-hydrogen) atoms. The fourth-order valence-electron chi connectivity index (χ4n) is 2.93. The Bertz CT molecular complexity index is 629. The number of rotatable bonds is 7. The Labute approximate surface area is 159 Å². The molecule has 0 saturated carbocycles. The second kappa shape index (κ2) is 9.73. The predicted octanol–water partition coefficient (Wildman–Crippen LogP) is 1.76. The molecule has 7 nitrogen and oxygen atoms in total. The summed E-state index contributed by atoms with van der Waals surface area (Å²) in [6, 6.07) is 3.28. The smallest absolute Gasteiger partial charge is 0.274 e. The molecule has 0 bridgehead atoms. The minimum Gasteiger partial charge on any atom is -0.478 e. The highest BCUT2D eigenvalue weighted by Gasteiger charge is 2.26. The van der Waals surface area contributed by atoms with E-state index >= 15 is 0 Å². The number of amides is 2. The lowest BCUT2D eigenvalue weighted by molar-refractivity contribution is -0.132. The molecule has 0 N–H and O–H groups in total. The van der Waals surface area contributed by atoms with Gasteiger partial charge in [0, 0.05) is 45.3 Å². The molecule has 1 aromatic rings. The van der Waals surface area contributed by atoms with Crippen molar-refractivity contribution in [3.63, 3.8) is 0 Å². The van der Waals surface area contributed by atoms with Gasteiger partial charge in [-0.3, -0.25) is 14.5 Å². The Morgan fingerprint density at radius 1 is 1.15 bits per heavy atom. The van der Waals surface area contributed by atoms with Crippen LogP contribution in [0, 0.1) is 0 Å². The number of nitrogens with zero attached hydrogens (tertiary/aromatic N) is 4. The molecule has 1 aliphatic heterocycles. The second-order valence-electron chi connectivity index (χ2n) is 6.05. The number of carbonyl (C=O) groups excluding carboxylic acids is 2. The van der Waals surface area contributed by atoms with Crippen molar-refractivity contribution in [3.05, 3.63) is 22.8 Å². The third kappa shape index (κ3) is 5.08. The van der Waals surface area contributed by atoms with E-state index in [9.17, 15) is 9.59 Å². The van der Waals surface area contributed by atoms with Crippen LogP contribution < -0.4 is 4.74 Å². The Balaban J connectivity index is 1.94. The second-order valence-corrected chi connectivity index (χ2v) is 6.45. The zero-order valence-electron chi connectivity index (χ0n) is 15.7. The van der Waals surface area contributed by atoms with Crippen LogP contribution in [0.4, 0.5) is 0 Å². The Morgan fingerprint density at radius 3 is 2.38 bits per heavy atom. The number of hydrogen-bond acceptors (Lipinski definition) is 5. The summed E-state index contributed by atoms with van der Waals surface area (Å²) < 4.78 is 5.35. The van der Waals surface area contributed by atoms with Crippen LogP contribution in [0.25, 0.3) is 0 Å². The molecule has 1 aromatic heterocycles.